The van der Waals surface area contributed by atoms with Crippen molar-refractivity contribution in [2.75, 3.05) is 39.8 Å². The second-order valence-corrected chi connectivity index (χ2v) is 7.68. The van der Waals surface area contributed by atoms with Crippen molar-refractivity contribution in [1.82, 2.24) is 25.3 Å². The highest BCUT2D eigenvalue weighted by Crippen LogP contribution is 2.47. The number of rotatable bonds is 4. The number of hydrogen-bond donors (Lipinski definition) is 1. The van der Waals surface area contributed by atoms with Gasteiger partial charge in [-0.2, -0.15) is 18.2 Å². The Kier molecular flexibility index (Phi) is 5.15. The van der Waals surface area contributed by atoms with E-state index in [1.807, 2.05) is 42.3 Å². The maximum absolute atomic E-state index is 14.2. The van der Waals surface area contributed by atoms with Crippen LogP contribution in [0.25, 0.3) is 0 Å². The van der Waals surface area contributed by atoms with Crippen LogP contribution >= 0.6 is 0 Å². The summed E-state index contributed by atoms with van der Waals surface area (Å²) in [5.74, 6) is -0.000584. The molecule has 2 aliphatic rings. The fraction of sp³-hybridized carbons (Fsp3) is 0.579. The highest BCUT2D eigenvalue weighted by atomic mass is 19.4. The van der Waals surface area contributed by atoms with Crippen molar-refractivity contribution in [2.45, 2.75) is 30.6 Å². The van der Waals surface area contributed by atoms with Gasteiger partial charge in [-0.1, -0.05) is 35.5 Å². The zero-order chi connectivity index (χ0) is 19.8. The number of piperazine rings is 1. The van der Waals surface area contributed by atoms with Gasteiger partial charge in [-0.15, -0.1) is 0 Å². The molecule has 2 aliphatic heterocycles. The molecule has 0 saturated carbocycles. The van der Waals surface area contributed by atoms with Crippen molar-refractivity contribution in [1.29, 1.82) is 0 Å². The first kappa shape index (κ1) is 19.4. The monoisotopic (exact) mass is 395 g/mol. The van der Waals surface area contributed by atoms with Gasteiger partial charge < -0.3 is 9.84 Å². The van der Waals surface area contributed by atoms with Crippen LogP contribution < -0.4 is 5.32 Å². The van der Waals surface area contributed by atoms with E-state index in [9.17, 15) is 13.2 Å². The fourth-order valence-corrected chi connectivity index (χ4v) is 4.05. The lowest BCUT2D eigenvalue weighted by atomic mass is 9.86. The van der Waals surface area contributed by atoms with Gasteiger partial charge in [0, 0.05) is 32.7 Å². The Morgan fingerprint density at radius 1 is 1.25 bits per heavy atom. The van der Waals surface area contributed by atoms with Crippen molar-refractivity contribution in [3.63, 3.8) is 0 Å². The molecule has 1 aromatic carbocycles. The maximum Gasteiger partial charge on any atom is 0.404 e. The quantitative estimate of drug-likeness (QED) is 0.858. The molecular formula is C19H24F3N5O. The van der Waals surface area contributed by atoms with E-state index in [4.69, 9.17) is 4.52 Å². The SMILES string of the molecule is CN1CCNCC1c1noc(C2(C(F)(F)F)CCN(Cc3ccccc3)C2)n1. The summed E-state index contributed by atoms with van der Waals surface area (Å²) in [4.78, 5) is 8.08. The molecule has 0 bridgehead atoms. The number of alkyl halides is 3. The number of hydrogen-bond acceptors (Lipinski definition) is 6. The molecule has 2 atom stereocenters. The number of nitrogens with one attached hydrogen (secondary N) is 1. The Morgan fingerprint density at radius 2 is 2.04 bits per heavy atom. The predicted octanol–water partition coefficient (Wildman–Crippen LogP) is 2.35. The zero-order valence-corrected chi connectivity index (χ0v) is 15.7. The van der Waals surface area contributed by atoms with E-state index in [0.717, 1.165) is 18.7 Å². The van der Waals surface area contributed by atoms with Crippen LogP contribution in [-0.2, 0) is 12.0 Å². The average molecular weight is 395 g/mol. The van der Waals surface area contributed by atoms with Crippen LogP contribution in [0.15, 0.2) is 34.9 Å². The number of likely N-dealkylation sites (tertiary alicyclic amines) is 1. The Bertz CT molecular complexity index is 796. The lowest BCUT2D eigenvalue weighted by Crippen LogP contribution is -2.45. The third-order valence-electron chi connectivity index (χ3n) is 5.80. The molecule has 9 heteroatoms. The van der Waals surface area contributed by atoms with Crippen molar-refractivity contribution in [3.05, 3.63) is 47.6 Å². The number of halogens is 3. The van der Waals surface area contributed by atoms with E-state index >= 15 is 0 Å². The molecule has 0 radical (unpaired) electrons. The number of nitrogens with zero attached hydrogens (tertiary/aromatic N) is 4. The van der Waals surface area contributed by atoms with Gasteiger partial charge in [-0.3, -0.25) is 9.80 Å². The summed E-state index contributed by atoms with van der Waals surface area (Å²) in [5, 5.41) is 7.14. The topological polar surface area (TPSA) is 57.4 Å². The van der Waals surface area contributed by atoms with E-state index < -0.39 is 11.6 Å². The predicted molar refractivity (Wildman–Crippen MR) is 96.6 cm³/mol. The Balaban J connectivity index is 1.57. The Hall–Kier alpha value is -1.97. The first-order valence-corrected chi connectivity index (χ1v) is 9.47. The van der Waals surface area contributed by atoms with E-state index in [-0.39, 0.29) is 24.9 Å². The third-order valence-corrected chi connectivity index (χ3v) is 5.80. The van der Waals surface area contributed by atoms with Crippen LogP contribution in [0.3, 0.4) is 0 Å². The average Bonchev–Trinajstić information content (AvgIpc) is 3.30. The van der Waals surface area contributed by atoms with Gasteiger partial charge in [0.05, 0.1) is 6.04 Å². The third kappa shape index (κ3) is 3.54. The lowest BCUT2D eigenvalue weighted by molar-refractivity contribution is -0.193. The molecule has 0 amide bonds. The minimum atomic E-state index is -4.46. The van der Waals surface area contributed by atoms with Gasteiger partial charge in [0.1, 0.15) is 0 Å². The Labute approximate surface area is 161 Å². The standard InChI is InChI=1S/C19H24F3N5O/c1-26-10-8-23-11-15(26)16-24-17(28-25-16)18(19(20,21)22)7-9-27(13-18)12-14-5-3-2-4-6-14/h2-6,15,23H,7-13H2,1H3. The second-order valence-electron chi connectivity index (χ2n) is 7.68. The molecule has 2 aromatic rings. The molecule has 0 spiro atoms. The number of benzene rings is 1. The van der Waals surface area contributed by atoms with Crippen LogP contribution in [-0.4, -0.2) is 65.9 Å². The summed E-state index contributed by atoms with van der Waals surface area (Å²) in [6.07, 6.45) is -4.54. The molecule has 0 aliphatic carbocycles. The van der Waals surface area contributed by atoms with E-state index in [2.05, 4.69) is 15.5 Å². The van der Waals surface area contributed by atoms with E-state index in [0.29, 0.717) is 25.5 Å². The molecule has 2 unspecified atom stereocenters. The van der Waals surface area contributed by atoms with Crippen LogP contribution in [0, 0.1) is 0 Å². The molecule has 2 fully saturated rings. The molecule has 4 rings (SSSR count). The van der Waals surface area contributed by atoms with Gasteiger partial charge in [0.2, 0.25) is 5.89 Å². The minimum absolute atomic E-state index is 0.0796. The maximum atomic E-state index is 14.2. The first-order valence-electron chi connectivity index (χ1n) is 9.47. The number of likely N-dealkylation sites (N-methyl/N-ethyl adjacent to an activating group) is 1. The normalized spacial score (nSPS) is 27.4. The first-order chi connectivity index (χ1) is 13.4. The molecule has 6 nitrogen and oxygen atoms in total. The van der Waals surface area contributed by atoms with Gasteiger partial charge in [0.15, 0.2) is 11.2 Å². The van der Waals surface area contributed by atoms with Crippen molar-refractivity contribution in [3.8, 4) is 0 Å². The van der Waals surface area contributed by atoms with Crippen LogP contribution in [0.1, 0.15) is 29.7 Å². The summed E-state index contributed by atoms with van der Waals surface area (Å²) in [6, 6.07) is 9.33. The zero-order valence-electron chi connectivity index (χ0n) is 15.7. The van der Waals surface area contributed by atoms with Crippen molar-refractivity contribution in [2.24, 2.45) is 0 Å². The highest BCUT2D eigenvalue weighted by Gasteiger charge is 2.62. The molecular weight excluding hydrogens is 371 g/mol. The van der Waals surface area contributed by atoms with Crippen LogP contribution in [0.4, 0.5) is 13.2 Å². The summed E-state index contributed by atoms with van der Waals surface area (Å²) >= 11 is 0. The van der Waals surface area contributed by atoms with Gasteiger partial charge in [-0.25, -0.2) is 0 Å². The van der Waals surface area contributed by atoms with E-state index in [1.54, 1.807) is 4.90 Å². The van der Waals surface area contributed by atoms with Gasteiger partial charge in [0.25, 0.3) is 0 Å². The highest BCUT2D eigenvalue weighted by molar-refractivity contribution is 5.19. The molecule has 152 valence electrons. The second kappa shape index (κ2) is 7.46. The van der Waals surface area contributed by atoms with Gasteiger partial charge >= 0.3 is 6.18 Å². The largest absolute Gasteiger partial charge is 0.404 e. The molecule has 2 saturated heterocycles. The molecule has 28 heavy (non-hydrogen) atoms. The van der Waals surface area contributed by atoms with Crippen molar-refractivity contribution >= 4 is 0 Å². The van der Waals surface area contributed by atoms with Crippen LogP contribution in [0.2, 0.25) is 0 Å². The lowest BCUT2D eigenvalue weighted by Gasteiger charge is -2.31. The Morgan fingerprint density at radius 3 is 2.75 bits per heavy atom. The van der Waals surface area contributed by atoms with Gasteiger partial charge in [-0.05, 0) is 25.6 Å². The number of aromatic nitrogens is 2. The molecule has 1 aromatic heterocycles. The summed E-state index contributed by atoms with van der Waals surface area (Å²) in [6.45, 7) is 2.83. The smallest absolute Gasteiger partial charge is 0.338 e. The summed E-state index contributed by atoms with van der Waals surface area (Å²) < 4.78 is 47.7. The summed E-state index contributed by atoms with van der Waals surface area (Å²) in [7, 11) is 1.91. The van der Waals surface area contributed by atoms with Crippen molar-refractivity contribution < 1.29 is 17.7 Å². The summed E-state index contributed by atoms with van der Waals surface area (Å²) in [5.41, 5.74) is -1.13. The van der Waals surface area contributed by atoms with E-state index in [1.165, 1.54) is 0 Å². The van der Waals surface area contributed by atoms with Crippen LogP contribution in [0.5, 0.6) is 0 Å². The fourth-order valence-electron chi connectivity index (χ4n) is 4.05. The minimum Gasteiger partial charge on any atom is -0.338 e. The molecule has 3 heterocycles. The molecule has 1 N–H and O–H groups in total.